The number of rotatable bonds is 4. The van der Waals surface area contributed by atoms with Gasteiger partial charge in [0.05, 0.1) is 0 Å². The topological polar surface area (TPSA) is 40.1 Å². The van der Waals surface area contributed by atoms with Gasteiger partial charge in [0.1, 0.15) is 0 Å². The van der Waals surface area contributed by atoms with Gasteiger partial charge in [-0.1, -0.05) is 26.8 Å². The first-order chi connectivity index (χ1) is 7.15. The van der Waals surface area contributed by atoms with E-state index < -0.39 is 11.1 Å². The van der Waals surface area contributed by atoms with E-state index in [4.69, 9.17) is 0 Å². The number of hydrogen-bond donors (Lipinski definition) is 0. The maximum absolute atomic E-state index is 11.0. The van der Waals surface area contributed by atoms with E-state index in [9.17, 15) is 8.76 Å². The summed E-state index contributed by atoms with van der Waals surface area (Å²) >= 11 is -2.11. The zero-order valence-corrected chi connectivity index (χ0v) is 13.3. The van der Waals surface area contributed by atoms with Crippen molar-refractivity contribution in [3.05, 3.63) is 28.8 Å². The van der Waals surface area contributed by atoms with Crippen molar-refractivity contribution in [1.82, 2.24) is 0 Å². The minimum Gasteiger partial charge on any atom is -0.768 e. The van der Waals surface area contributed by atoms with Crippen LogP contribution in [-0.4, -0.2) is 8.76 Å². The Bertz CT molecular complexity index is 378. The second kappa shape index (κ2) is 7.62. The van der Waals surface area contributed by atoms with Gasteiger partial charge in [0.2, 0.25) is 0 Å². The molecule has 84 valence electrons. The third-order valence-corrected chi connectivity index (χ3v) is 3.49. The summed E-state index contributed by atoms with van der Waals surface area (Å²) in [4.78, 5) is 0.464. The second-order valence-corrected chi connectivity index (χ2v) is 4.38. The summed E-state index contributed by atoms with van der Waals surface area (Å²) in [6, 6.07) is 3.66. The van der Waals surface area contributed by atoms with Crippen LogP contribution in [0.5, 0.6) is 0 Å². The van der Waals surface area contributed by atoms with Gasteiger partial charge in [-0.25, -0.2) is 0 Å². The Kier molecular flexibility index (Phi) is 7.77. The van der Waals surface area contributed by atoms with Crippen molar-refractivity contribution in [2.75, 3.05) is 0 Å². The van der Waals surface area contributed by atoms with Gasteiger partial charge >= 0.3 is 29.6 Å². The average molecular weight is 248 g/mol. The van der Waals surface area contributed by atoms with Gasteiger partial charge in [-0.15, -0.1) is 0 Å². The predicted octanol–water partition coefficient (Wildman–Crippen LogP) is -0.384. The van der Waals surface area contributed by atoms with E-state index in [2.05, 4.69) is 13.8 Å². The first-order valence-electron chi connectivity index (χ1n) is 5.38. The van der Waals surface area contributed by atoms with Crippen LogP contribution >= 0.6 is 0 Å². The maximum Gasteiger partial charge on any atom is 1.00 e. The fourth-order valence-electron chi connectivity index (χ4n) is 2.04. The molecule has 1 unspecified atom stereocenters. The fourth-order valence-corrected chi connectivity index (χ4v) is 2.68. The molecule has 0 spiro atoms. The van der Waals surface area contributed by atoms with Gasteiger partial charge < -0.3 is 4.55 Å². The van der Waals surface area contributed by atoms with Crippen LogP contribution in [0.25, 0.3) is 0 Å². The van der Waals surface area contributed by atoms with Gasteiger partial charge in [0.15, 0.2) is 0 Å². The van der Waals surface area contributed by atoms with Crippen molar-refractivity contribution in [2.45, 2.75) is 44.9 Å². The fraction of sp³-hybridized carbons (Fsp3) is 0.500. The molecule has 1 aromatic rings. The van der Waals surface area contributed by atoms with E-state index >= 15 is 0 Å². The van der Waals surface area contributed by atoms with Crippen molar-refractivity contribution in [3.63, 3.8) is 0 Å². The Balaban J connectivity index is 0.00000225. The molecule has 1 rings (SSSR count). The zero-order valence-electron chi connectivity index (χ0n) is 10.5. The summed E-state index contributed by atoms with van der Waals surface area (Å²) in [6.07, 6.45) is 2.64. The molecular weight excluding hydrogens is 231 g/mol. The zero-order chi connectivity index (χ0) is 11.4. The van der Waals surface area contributed by atoms with Crippen LogP contribution in [0.3, 0.4) is 0 Å². The van der Waals surface area contributed by atoms with E-state index in [1.165, 1.54) is 11.1 Å². The Morgan fingerprint density at radius 2 is 1.62 bits per heavy atom. The molecule has 0 fully saturated rings. The summed E-state index contributed by atoms with van der Waals surface area (Å²) in [6.45, 7) is 6.18. The van der Waals surface area contributed by atoms with Gasteiger partial charge in [-0.3, -0.25) is 4.21 Å². The van der Waals surface area contributed by atoms with Gasteiger partial charge in [-0.05, 0) is 53.1 Å². The summed E-state index contributed by atoms with van der Waals surface area (Å²) < 4.78 is 22.1. The molecule has 1 atom stereocenters. The number of aryl methyl sites for hydroxylation is 1. The van der Waals surface area contributed by atoms with Crippen LogP contribution in [0, 0.1) is 0 Å². The smallest absolute Gasteiger partial charge is 0.768 e. The molecular formula is C12H17NaO2S. The van der Waals surface area contributed by atoms with E-state index in [0.29, 0.717) is 4.90 Å². The van der Waals surface area contributed by atoms with Crippen LogP contribution in [0.4, 0.5) is 0 Å². The molecule has 0 saturated heterocycles. The largest absolute Gasteiger partial charge is 1.00 e. The van der Waals surface area contributed by atoms with Crippen LogP contribution in [0.1, 0.15) is 37.5 Å². The second-order valence-electron chi connectivity index (χ2n) is 3.48. The molecule has 0 bridgehead atoms. The normalized spacial score (nSPS) is 12.0. The first kappa shape index (κ1) is 16.3. The van der Waals surface area contributed by atoms with E-state index in [1.807, 2.05) is 13.0 Å². The molecule has 4 heteroatoms. The van der Waals surface area contributed by atoms with Crippen LogP contribution in [0.2, 0.25) is 0 Å². The summed E-state index contributed by atoms with van der Waals surface area (Å²) in [5.74, 6) is 0. The van der Waals surface area contributed by atoms with E-state index in [-0.39, 0.29) is 29.6 Å². The molecule has 0 N–H and O–H groups in total. The van der Waals surface area contributed by atoms with E-state index in [0.717, 1.165) is 24.8 Å². The molecule has 0 aliphatic heterocycles. The summed E-state index contributed by atoms with van der Waals surface area (Å²) in [5.41, 5.74) is 3.47. The molecule has 0 aliphatic rings. The Labute approximate surface area is 122 Å². The molecule has 0 heterocycles. The molecule has 1 aromatic carbocycles. The average Bonchev–Trinajstić information content (AvgIpc) is 2.26. The molecule has 2 nitrogen and oxygen atoms in total. The van der Waals surface area contributed by atoms with Crippen LogP contribution < -0.4 is 29.6 Å². The molecule has 0 amide bonds. The quantitative estimate of drug-likeness (QED) is 0.538. The van der Waals surface area contributed by atoms with Crippen molar-refractivity contribution < 1.29 is 38.3 Å². The maximum atomic E-state index is 11.0. The third kappa shape index (κ3) is 3.41. The minimum atomic E-state index is -2.11. The summed E-state index contributed by atoms with van der Waals surface area (Å²) in [5, 5.41) is 0. The van der Waals surface area contributed by atoms with Gasteiger partial charge in [0, 0.05) is 4.90 Å². The summed E-state index contributed by atoms with van der Waals surface area (Å²) in [7, 11) is 0. The molecule has 16 heavy (non-hydrogen) atoms. The molecule has 0 saturated carbocycles. The molecule has 0 radical (unpaired) electrons. The van der Waals surface area contributed by atoms with Crippen molar-refractivity contribution in [2.24, 2.45) is 0 Å². The van der Waals surface area contributed by atoms with Crippen molar-refractivity contribution >= 4 is 11.1 Å². The van der Waals surface area contributed by atoms with E-state index in [1.54, 1.807) is 6.07 Å². The third-order valence-electron chi connectivity index (χ3n) is 2.75. The minimum absolute atomic E-state index is 0. The monoisotopic (exact) mass is 248 g/mol. The molecule has 0 aromatic heterocycles. The van der Waals surface area contributed by atoms with Crippen molar-refractivity contribution in [1.29, 1.82) is 0 Å². The van der Waals surface area contributed by atoms with Crippen molar-refractivity contribution in [3.8, 4) is 0 Å². The first-order valence-corrected chi connectivity index (χ1v) is 6.46. The number of hydrogen-bond acceptors (Lipinski definition) is 2. The Hall–Kier alpha value is 0.330. The standard InChI is InChI=1S/C12H18O2S.Na/c1-4-9-7-8-12(15(13)14)11(6-3)10(9)5-2;/h7-8H,4-6H2,1-3H3,(H,13,14);/q;+1/p-1. The predicted molar refractivity (Wildman–Crippen MR) is 61.8 cm³/mol. The Morgan fingerprint density at radius 1 is 1.06 bits per heavy atom. The van der Waals surface area contributed by atoms with Crippen LogP contribution in [0.15, 0.2) is 17.0 Å². The molecule has 0 aliphatic carbocycles. The SMILES string of the molecule is CCc1ccc(S(=O)[O-])c(CC)c1CC.[Na+]. The van der Waals surface area contributed by atoms with Gasteiger partial charge in [0.25, 0.3) is 0 Å². The van der Waals surface area contributed by atoms with Gasteiger partial charge in [-0.2, -0.15) is 0 Å². The van der Waals surface area contributed by atoms with Crippen LogP contribution in [-0.2, 0) is 30.3 Å². The Morgan fingerprint density at radius 3 is 2.00 bits per heavy atom. The number of benzene rings is 1.